The molecule has 0 radical (unpaired) electrons. The normalized spacial score (nSPS) is 11.7. The van der Waals surface area contributed by atoms with Crippen LogP contribution in [0.2, 0.25) is 0 Å². The highest BCUT2D eigenvalue weighted by molar-refractivity contribution is 5.39. The molecule has 0 saturated heterocycles. The van der Waals surface area contributed by atoms with Gasteiger partial charge in [0.05, 0.1) is 5.56 Å². The molecule has 0 unspecified atom stereocenters. The zero-order valence-corrected chi connectivity index (χ0v) is 47.7. The summed E-state index contributed by atoms with van der Waals surface area (Å²) in [5.41, 5.74) is 3.82. The third-order valence-corrected chi connectivity index (χ3v) is 11.3. The lowest BCUT2D eigenvalue weighted by Crippen LogP contribution is -2.14. The first-order valence-electron chi connectivity index (χ1n) is 25.4. The van der Waals surface area contributed by atoms with Crippen LogP contribution in [0.1, 0.15) is 137 Å². The number of nitrogens with zero attached hydrogens (tertiary/aromatic N) is 5. The molecule has 0 N–H and O–H groups in total. The summed E-state index contributed by atoms with van der Waals surface area (Å²) >= 11 is 0. The summed E-state index contributed by atoms with van der Waals surface area (Å²) in [7, 11) is 0. The van der Waals surface area contributed by atoms with Crippen molar-refractivity contribution in [1.82, 2.24) is 24.9 Å². The van der Waals surface area contributed by atoms with Gasteiger partial charge in [-0.3, -0.25) is 9.97 Å². The van der Waals surface area contributed by atoms with Crippen LogP contribution in [0.5, 0.6) is 34.9 Å². The molecular formula is C64H72F7N5O3. The molecule has 0 aliphatic carbocycles. The second-order valence-corrected chi connectivity index (χ2v) is 23.2. The number of hydrogen-bond acceptors (Lipinski definition) is 8. The molecule has 8 nitrogen and oxygen atoms in total. The van der Waals surface area contributed by atoms with Gasteiger partial charge in [0, 0.05) is 71.0 Å². The predicted molar refractivity (Wildman–Crippen MR) is 299 cm³/mol. The van der Waals surface area contributed by atoms with Gasteiger partial charge in [0.15, 0.2) is 23.1 Å². The average Bonchev–Trinajstić information content (AvgIpc) is 3.37. The monoisotopic (exact) mass is 1090 g/mol. The Morgan fingerprint density at radius 2 is 0.797 bits per heavy atom. The summed E-state index contributed by atoms with van der Waals surface area (Å²) in [6, 6.07) is 33.4. The van der Waals surface area contributed by atoms with E-state index in [1.54, 1.807) is 55.0 Å². The van der Waals surface area contributed by atoms with Crippen molar-refractivity contribution >= 4 is 0 Å². The fraction of sp³-hybridized carbons (Fsp3) is 0.328. The van der Waals surface area contributed by atoms with Crippen LogP contribution in [0.25, 0.3) is 0 Å². The van der Waals surface area contributed by atoms with Crippen molar-refractivity contribution in [3.63, 3.8) is 0 Å². The fourth-order valence-corrected chi connectivity index (χ4v) is 6.89. The molecule has 3 aromatic carbocycles. The second-order valence-electron chi connectivity index (χ2n) is 23.2. The third kappa shape index (κ3) is 20.9. The maximum atomic E-state index is 13.6. The Hall–Kier alpha value is -7.68. The van der Waals surface area contributed by atoms with Gasteiger partial charge in [0.1, 0.15) is 17.4 Å². The molecule has 0 fully saturated rings. The van der Waals surface area contributed by atoms with Crippen molar-refractivity contribution in [3.8, 4) is 34.9 Å². The number of pyridine rings is 5. The Morgan fingerprint density at radius 3 is 1.18 bits per heavy atom. The maximum Gasteiger partial charge on any atom is 0.417 e. The van der Waals surface area contributed by atoms with Crippen molar-refractivity contribution in [1.29, 1.82) is 0 Å². The molecule has 5 heterocycles. The van der Waals surface area contributed by atoms with Crippen LogP contribution < -0.4 is 14.2 Å². The average molecular weight is 1090 g/mol. The molecule has 0 bridgehead atoms. The first kappa shape index (κ1) is 63.8. The van der Waals surface area contributed by atoms with Gasteiger partial charge in [-0.2, -0.15) is 13.2 Å². The first-order valence-corrected chi connectivity index (χ1v) is 25.4. The van der Waals surface area contributed by atoms with Gasteiger partial charge in [0.2, 0.25) is 17.6 Å². The van der Waals surface area contributed by atoms with Gasteiger partial charge in [-0.05, 0) is 118 Å². The Bertz CT molecular complexity index is 3110. The lowest BCUT2D eigenvalue weighted by Gasteiger charge is -2.21. The maximum absolute atomic E-state index is 13.6. The standard InChI is InChI=1S/C15H15F2NO.2C15H16FNO.C10H12F3N.C9H13N/c1-15(2,3)11-5-4-8-18-14(11)19-13-7-6-10(16)9-12(13)17;1-15(2,3)13-5-4-10-17-14(13)18-12-8-6-11(16)7-9-12;1-15(2,3)11-7-6-10-17-14(11)18-13-9-5-4-8-12(13)16;1-9(2,3)8-5-4-7(6-14-8)10(11,12)13;1-9(2,3)8-4-6-10-7-5-8/h4-9H,1-3H3;2*4-10H,1-3H3;4-6H,1-3H3;4-7H,1-3H3. The highest BCUT2D eigenvalue weighted by Gasteiger charge is 2.31. The first-order chi connectivity index (χ1) is 36.6. The number of alkyl halides is 3. The Morgan fingerprint density at radius 1 is 0.354 bits per heavy atom. The van der Waals surface area contributed by atoms with E-state index in [-0.39, 0.29) is 50.2 Å². The Kier molecular flexibility index (Phi) is 22.0. The predicted octanol–water partition coefficient (Wildman–Crippen LogP) is 18.8. The number of hydrogen-bond donors (Lipinski definition) is 0. The van der Waals surface area contributed by atoms with Crippen molar-refractivity contribution in [2.45, 2.75) is 137 Å². The van der Waals surface area contributed by atoms with Crippen molar-refractivity contribution < 1.29 is 44.9 Å². The molecular weight excluding hydrogens is 1020 g/mol. The molecule has 0 aliphatic heterocycles. The van der Waals surface area contributed by atoms with Crippen molar-refractivity contribution in [3.05, 3.63) is 221 Å². The number of rotatable bonds is 6. The summed E-state index contributed by atoms with van der Waals surface area (Å²) < 4.78 is 106. The van der Waals surface area contributed by atoms with Gasteiger partial charge in [-0.15, -0.1) is 0 Å². The Balaban J connectivity index is 0.000000216. The zero-order chi connectivity index (χ0) is 59.0. The summed E-state index contributed by atoms with van der Waals surface area (Å²) in [4.78, 5) is 20.3. The van der Waals surface area contributed by atoms with Crippen molar-refractivity contribution in [2.75, 3.05) is 0 Å². The molecule has 15 heteroatoms. The summed E-state index contributed by atoms with van der Waals surface area (Å²) in [5.74, 6) is 0.0509. The van der Waals surface area contributed by atoms with Crippen LogP contribution in [-0.4, -0.2) is 24.9 Å². The zero-order valence-electron chi connectivity index (χ0n) is 47.7. The second kappa shape index (κ2) is 27.3. The van der Waals surface area contributed by atoms with E-state index in [1.807, 2.05) is 84.3 Å². The van der Waals surface area contributed by atoms with Crippen molar-refractivity contribution in [2.24, 2.45) is 0 Å². The molecule has 0 atom stereocenters. The summed E-state index contributed by atoms with van der Waals surface area (Å²) in [5, 5.41) is 0. The molecule has 5 aromatic heterocycles. The molecule has 0 aliphatic rings. The van der Waals surface area contributed by atoms with Gasteiger partial charge < -0.3 is 14.2 Å². The topological polar surface area (TPSA) is 92.1 Å². The molecule has 8 rings (SSSR count). The lowest BCUT2D eigenvalue weighted by atomic mass is 9.88. The van der Waals surface area contributed by atoms with Crippen LogP contribution in [0.15, 0.2) is 165 Å². The van der Waals surface area contributed by atoms with Gasteiger partial charge in [0.25, 0.3) is 0 Å². The van der Waals surface area contributed by atoms with E-state index < -0.39 is 23.4 Å². The highest BCUT2D eigenvalue weighted by Crippen LogP contribution is 2.36. The lowest BCUT2D eigenvalue weighted by molar-refractivity contribution is -0.137. The highest BCUT2D eigenvalue weighted by atomic mass is 19.4. The quantitative estimate of drug-likeness (QED) is 0.152. The molecule has 420 valence electrons. The number of halogens is 7. The SMILES string of the molecule is CC(C)(C)c1ccc(C(F)(F)F)cn1.CC(C)(C)c1cccnc1Oc1ccc(F)cc1.CC(C)(C)c1cccnc1Oc1ccc(F)cc1F.CC(C)(C)c1cccnc1Oc1ccccc1F.CC(C)(C)c1ccncc1. The van der Waals surface area contributed by atoms with E-state index in [0.29, 0.717) is 29.1 Å². The number of aromatic nitrogens is 5. The van der Waals surface area contributed by atoms with Gasteiger partial charge in [-0.1, -0.05) is 134 Å². The molecule has 0 saturated carbocycles. The molecule has 0 amide bonds. The van der Waals surface area contributed by atoms with Crippen LogP contribution in [0.3, 0.4) is 0 Å². The fourth-order valence-electron chi connectivity index (χ4n) is 6.89. The van der Waals surface area contributed by atoms with Gasteiger partial charge >= 0.3 is 6.18 Å². The number of para-hydroxylation sites is 1. The smallest absolute Gasteiger partial charge is 0.417 e. The van der Waals surface area contributed by atoms with Crippen LogP contribution in [-0.2, 0) is 33.3 Å². The van der Waals surface area contributed by atoms with E-state index in [0.717, 1.165) is 41.1 Å². The minimum absolute atomic E-state index is 0.0365. The van der Waals surface area contributed by atoms with Gasteiger partial charge in [-0.25, -0.2) is 32.5 Å². The van der Waals surface area contributed by atoms with Crippen LogP contribution in [0.4, 0.5) is 30.7 Å². The largest absolute Gasteiger partial charge is 0.439 e. The third-order valence-electron chi connectivity index (χ3n) is 11.3. The van der Waals surface area contributed by atoms with Crippen LogP contribution in [0, 0.1) is 23.3 Å². The summed E-state index contributed by atoms with van der Waals surface area (Å²) in [6.45, 7) is 30.8. The van der Waals surface area contributed by atoms with E-state index in [2.05, 4.69) is 99.4 Å². The minimum Gasteiger partial charge on any atom is -0.439 e. The molecule has 0 spiro atoms. The minimum atomic E-state index is -4.30. The van der Waals surface area contributed by atoms with E-state index >= 15 is 0 Å². The van der Waals surface area contributed by atoms with E-state index in [1.165, 1.54) is 35.9 Å². The summed E-state index contributed by atoms with van der Waals surface area (Å²) in [6.07, 6.45) is 5.15. The van der Waals surface area contributed by atoms with E-state index in [4.69, 9.17) is 14.2 Å². The van der Waals surface area contributed by atoms with Crippen LogP contribution >= 0.6 is 0 Å². The number of ether oxygens (including phenoxy) is 3. The molecule has 8 aromatic rings. The number of benzene rings is 3. The van der Waals surface area contributed by atoms with E-state index in [9.17, 15) is 30.7 Å². The molecule has 79 heavy (non-hydrogen) atoms. The Labute approximate surface area is 461 Å².